The number of hydrogen-bond donors (Lipinski definition) is 3. The number of nitrogens with one attached hydrogen (secondary N) is 1. The van der Waals surface area contributed by atoms with Crippen LogP contribution in [0.25, 0.3) is 0 Å². The van der Waals surface area contributed by atoms with Crippen LogP contribution in [0, 0.1) is 5.92 Å². The molecular weight excluding hydrogens is 254 g/mol. The highest BCUT2D eigenvalue weighted by Crippen LogP contribution is 2.23. The molecule has 5 nitrogen and oxygen atoms in total. The number of carbonyl (C=O) groups excluding carboxylic acids is 1. The first-order valence-electron chi connectivity index (χ1n) is 7.07. The molecular formula is C15H23N3O2. The molecule has 1 heterocycles. The van der Waals surface area contributed by atoms with E-state index >= 15 is 0 Å². The molecule has 1 aliphatic heterocycles. The van der Waals surface area contributed by atoms with Crippen molar-refractivity contribution in [3.63, 3.8) is 0 Å². The number of aliphatic hydroxyl groups is 1. The van der Waals surface area contributed by atoms with Gasteiger partial charge in [0.1, 0.15) is 0 Å². The second kappa shape index (κ2) is 6.83. The van der Waals surface area contributed by atoms with Crippen LogP contribution in [-0.2, 0) is 11.3 Å². The van der Waals surface area contributed by atoms with Crippen molar-refractivity contribution in [2.45, 2.75) is 25.9 Å². The predicted molar refractivity (Wildman–Crippen MR) is 79.2 cm³/mol. The number of benzene rings is 1. The van der Waals surface area contributed by atoms with E-state index in [4.69, 9.17) is 5.73 Å². The fraction of sp³-hybridized carbons (Fsp3) is 0.533. The molecule has 1 aromatic carbocycles. The number of amides is 1. The quantitative estimate of drug-likeness (QED) is 0.743. The second-order valence-corrected chi connectivity index (χ2v) is 5.44. The van der Waals surface area contributed by atoms with E-state index in [-0.39, 0.29) is 18.6 Å². The Balaban J connectivity index is 1.92. The zero-order valence-corrected chi connectivity index (χ0v) is 11.9. The lowest BCUT2D eigenvalue weighted by molar-refractivity contribution is -0.117. The highest BCUT2D eigenvalue weighted by Gasteiger charge is 2.31. The van der Waals surface area contributed by atoms with E-state index in [1.807, 2.05) is 29.2 Å². The minimum atomic E-state index is -0.0493. The zero-order chi connectivity index (χ0) is 14.5. The van der Waals surface area contributed by atoms with E-state index in [2.05, 4.69) is 12.2 Å². The predicted octanol–water partition coefficient (Wildman–Crippen LogP) is 0.787. The Hall–Kier alpha value is -1.43. The average molecular weight is 277 g/mol. The Kier molecular flexibility index (Phi) is 5.11. The van der Waals surface area contributed by atoms with E-state index < -0.39 is 0 Å². The van der Waals surface area contributed by atoms with E-state index in [0.29, 0.717) is 19.0 Å². The Labute approximate surface area is 119 Å². The third-order valence-corrected chi connectivity index (χ3v) is 3.98. The van der Waals surface area contributed by atoms with E-state index in [1.165, 1.54) is 0 Å². The minimum Gasteiger partial charge on any atom is -0.395 e. The standard InChI is InChI=1S/C15H23N3O2/c1-11-5-6-18(14(11)10-19)9-15(20)17-13-4-2-3-12(7-13)8-16/h2-4,7,11,14,19H,5-6,8-10,16H2,1H3,(H,17,20). The van der Waals surface area contributed by atoms with Crippen LogP contribution >= 0.6 is 0 Å². The first kappa shape index (κ1) is 15.0. The molecule has 1 amide bonds. The number of aliphatic hydroxyl groups excluding tert-OH is 1. The van der Waals surface area contributed by atoms with Crippen LogP contribution < -0.4 is 11.1 Å². The van der Waals surface area contributed by atoms with Gasteiger partial charge in [0.15, 0.2) is 0 Å². The van der Waals surface area contributed by atoms with Crippen molar-refractivity contribution in [2.75, 3.05) is 25.0 Å². The largest absolute Gasteiger partial charge is 0.395 e. The molecule has 0 aliphatic carbocycles. The zero-order valence-electron chi connectivity index (χ0n) is 11.9. The maximum Gasteiger partial charge on any atom is 0.238 e. The summed E-state index contributed by atoms with van der Waals surface area (Å²) in [6.45, 7) is 3.87. The van der Waals surface area contributed by atoms with Crippen molar-refractivity contribution in [2.24, 2.45) is 11.7 Å². The fourth-order valence-corrected chi connectivity index (χ4v) is 2.74. The molecule has 0 saturated carbocycles. The smallest absolute Gasteiger partial charge is 0.238 e. The monoisotopic (exact) mass is 277 g/mol. The Morgan fingerprint density at radius 3 is 3.05 bits per heavy atom. The van der Waals surface area contributed by atoms with Crippen molar-refractivity contribution in [3.8, 4) is 0 Å². The van der Waals surface area contributed by atoms with E-state index in [0.717, 1.165) is 24.2 Å². The third-order valence-electron chi connectivity index (χ3n) is 3.98. The van der Waals surface area contributed by atoms with Gasteiger partial charge >= 0.3 is 0 Å². The maximum absolute atomic E-state index is 12.1. The van der Waals surface area contributed by atoms with Gasteiger partial charge in [0.05, 0.1) is 13.2 Å². The second-order valence-electron chi connectivity index (χ2n) is 5.44. The highest BCUT2D eigenvalue weighted by molar-refractivity contribution is 5.92. The summed E-state index contributed by atoms with van der Waals surface area (Å²) >= 11 is 0. The van der Waals surface area contributed by atoms with E-state index in [9.17, 15) is 9.90 Å². The molecule has 4 N–H and O–H groups in total. The molecule has 1 fully saturated rings. The van der Waals surface area contributed by atoms with Gasteiger partial charge in [-0.15, -0.1) is 0 Å². The molecule has 110 valence electrons. The molecule has 2 rings (SSSR count). The number of nitrogens with two attached hydrogens (primary N) is 1. The molecule has 0 aromatic heterocycles. The number of nitrogens with zero attached hydrogens (tertiary/aromatic N) is 1. The first-order valence-corrected chi connectivity index (χ1v) is 7.07. The highest BCUT2D eigenvalue weighted by atomic mass is 16.3. The molecule has 1 saturated heterocycles. The van der Waals surface area contributed by atoms with Crippen LogP contribution in [0.2, 0.25) is 0 Å². The van der Waals surface area contributed by atoms with Gasteiger partial charge in [-0.2, -0.15) is 0 Å². The lowest BCUT2D eigenvalue weighted by atomic mass is 10.0. The van der Waals surface area contributed by atoms with Gasteiger partial charge in [0.25, 0.3) is 0 Å². The van der Waals surface area contributed by atoms with Crippen LogP contribution in [0.15, 0.2) is 24.3 Å². The number of carbonyl (C=O) groups is 1. The Bertz CT molecular complexity index is 464. The summed E-state index contributed by atoms with van der Waals surface area (Å²) in [7, 11) is 0. The topological polar surface area (TPSA) is 78.6 Å². The molecule has 20 heavy (non-hydrogen) atoms. The lowest BCUT2D eigenvalue weighted by Gasteiger charge is -2.24. The molecule has 5 heteroatoms. The molecule has 0 spiro atoms. The molecule has 2 atom stereocenters. The van der Waals surface area contributed by atoms with Gasteiger partial charge in [0, 0.05) is 18.3 Å². The van der Waals surface area contributed by atoms with Crippen molar-refractivity contribution in [1.82, 2.24) is 4.90 Å². The number of anilines is 1. The van der Waals surface area contributed by atoms with Crippen LogP contribution in [0.3, 0.4) is 0 Å². The van der Waals surface area contributed by atoms with Crippen LogP contribution in [0.4, 0.5) is 5.69 Å². The molecule has 0 bridgehead atoms. The van der Waals surface area contributed by atoms with Gasteiger partial charge in [-0.25, -0.2) is 0 Å². The summed E-state index contributed by atoms with van der Waals surface area (Å²) in [6, 6.07) is 7.64. The maximum atomic E-state index is 12.1. The normalized spacial score (nSPS) is 22.9. The van der Waals surface area contributed by atoms with Gasteiger partial charge in [0.2, 0.25) is 5.91 Å². The van der Waals surface area contributed by atoms with E-state index in [1.54, 1.807) is 0 Å². The number of rotatable bonds is 5. The Morgan fingerprint density at radius 2 is 2.35 bits per heavy atom. The Morgan fingerprint density at radius 1 is 1.55 bits per heavy atom. The van der Waals surface area contributed by atoms with Gasteiger partial charge in [-0.05, 0) is 36.6 Å². The van der Waals surface area contributed by atoms with Crippen LogP contribution in [0.5, 0.6) is 0 Å². The van der Waals surface area contributed by atoms with Crippen molar-refractivity contribution in [1.29, 1.82) is 0 Å². The van der Waals surface area contributed by atoms with Crippen LogP contribution in [-0.4, -0.2) is 41.7 Å². The fourth-order valence-electron chi connectivity index (χ4n) is 2.74. The summed E-state index contributed by atoms with van der Waals surface area (Å²) in [6.07, 6.45) is 1.03. The minimum absolute atomic E-state index is 0.0493. The van der Waals surface area contributed by atoms with Crippen molar-refractivity contribution >= 4 is 11.6 Å². The summed E-state index contributed by atoms with van der Waals surface area (Å²) in [5.74, 6) is 0.389. The molecule has 0 radical (unpaired) electrons. The lowest BCUT2D eigenvalue weighted by Crippen LogP contribution is -2.40. The SMILES string of the molecule is CC1CCN(CC(=O)Nc2cccc(CN)c2)C1CO. The van der Waals surface area contributed by atoms with Crippen molar-refractivity contribution in [3.05, 3.63) is 29.8 Å². The van der Waals surface area contributed by atoms with Gasteiger partial charge < -0.3 is 16.2 Å². The summed E-state index contributed by atoms with van der Waals surface area (Å²) in [5, 5.41) is 12.3. The average Bonchev–Trinajstić information content (AvgIpc) is 2.79. The summed E-state index contributed by atoms with van der Waals surface area (Å²) in [4.78, 5) is 14.1. The first-order chi connectivity index (χ1) is 9.63. The molecule has 2 unspecified atom stereocenters. The number of hydrogen-bond acceptors (Lipinski definition) is 4. The third kappa shape index (κ3) is 3.56. The number of likely N-dealkylation sites (tertiary alicyclic amines) is 1. The van der Waals surface area contributed by atoms with Gasteiger partial charge in [-0.1, -0.05) is 19.1 Å². The van der Waals surface area contributed by atoms with Crippen molar-refractivity contribution < 1.29 is 9.90 Å². The molecule has 1 aliphatic rings. The molecule has 1 aromatic rings. The van der Waals surface area contributed by atoms with Gasteiger partial charge in [-0.3, -0.25) is 9.69 Å². The van der Waals surface area contributed by atoms with Crippen LogP contribution in [0.1, 0.15) is 18.9 Å². The summed E-state index contributed by atoms with van der Waals surface area (Å²) < 4.78 is 0. The summed E-state index contributed by atoms with van der Waals surface area (Å²) in [5.41, 5.74) is 7.35.